The van der Waals surface area contributed by atoms with Gasteiger partial charge in [-0.15, -0.1) is 0 Å². The van der Waals surface area contributed by atoms with E-state index in [2.05, 4.69) is 35.6 Å². The van der Waals surface area contributed by atoms with Crippen molar-refractivity contribution in [1.29, 1.82) is 0 Å². The molecule has 0 radical (unpaired) electrons. The summed E-state index contributed by atoms with van der Waals surface area (Å²) >= 11 is 1.39. The van der Waals surface area contributed by atoms with Crippen LogP contribution in [0.5, 0.6) is 0 Å². The Hall–Kier alpha value is -3.80. The van der Waals surface area contributed by atoms with Crippen molar-refractivity contribution in [3.05, 3.63) is 30.1 Å². The molecule has 0 bridgehead atoms. The molecule has 1 aromatic carbocycles. The second-order valence-electron chi connectivity index (χ2n) is 9.56. The van der Waals surface area contributed by atoms with Crippen molar-refractivity contribution in [3.63, 3.8) is 0 Å². The molecule has 3 aromatic rings. The SMILES string of the molecule is CCNC(=O)Nc1nc2cc(-c3cnc(N4CCC(CC)(C(=O)OCC)CC4)nc3)cc(/C(CC)=N\OC)c2s1. The third-order valence-electron chi connectivity index (χ3n) is 7.26. The second kappa shape index (κ2) is 13.0. The van der Waals surface area contributed by atoms with Gasteiger partial charge in [-0.1, -0.05) is 30.3 Å². The van der Waals surface area contributed by atoms with Gasteiger partial charge in [0.1, 0.15) is 7.11 Å². The Morgan fingerprint density at radius 3 is 2.42 bits per heavy atom. The van der Waals surface area contributed by atoms with Crippen molar-refractivity contribution in [3.8, 4) is 11.1 Å². The standard InChI is InChI=1S/C28H37N7O4S/c1-6-21(34-38-5)20-14-18(15-22-23(20)40-27(32-22)33-26(37)29-8-3)19-16-30-25(31-17-19)35-12-10-28(7-2,11-13-35)24(36)39-9-4/h14-17H,6-13H2,1-5H3,(H2,29,32,33,37)/b34-21-. The monoisotopic (exact) mass is 567 g/mol. The number of nitrogens with zero attached hydrogens (tertiary/aromatic N) is 5. The van der Waals surface area contributed by atoms with Crippen LogP contribution in [0, 0.1) is 5.41 Å². The minimum atomic E-state index is -0.433. The van der Waals surface area contributed by atoms with E-state index in [0.29, 0.717) is 56.6 Å². The van der Waals surface area contributed by atoms with E-state index in [1.165, 1.54) is 18.4 Å². The van der Waals surface area contributed by atoms with Gasteiger partial charge in [0, 0.05) is 43.2 Å². The lowest BCUT2D eigenvalue weighted by atomic mass is 9.76. The number of oxime groups is 1. The number of esters is 1. The predicted octanol–water partition coefficient (Wildman–Crippen LogP) is 5.21. The third kappa shape index (κ3) is 6.16. The first-order valence-electron chi connectivity index (χ1n) is 13.7. The summed E-state index contributed by atoms with van der Waals surface area (Å²) in [5.41, 5.74) is 3.67. The summed E-state index contributed by atoms with van der Waals surface area (Å²) in [5.74, 6) is 0.533. The van der Waals surface area contributed by atoms with Crippen molar-refractivity contribution < 1.29 is 19.2 Å². The second-order valence-corrected chi connectivity index (χ2v) is 10.6. The number of amides is 2. The topological polar surface area (TPSA) is 131 Å². The Labute approximate surface area is 238 Å². The van der Waals surface area contributed by atoms with Crippen molar-refractivity contribution in [2.45, 2.75) is 53.4 Å². The number of carbonyl (C=O) groups excluding carboxylic acids is 2. The molecular formula is C28H37N7O4S. The minimum Gasteiger partial charge on any atom is -0.466 e. The molecule has 0 atom stereocenters. The lowest BCUT2D eigenvalue weighted by Gasteiger charge is -2.39. The molecule has 1 aliphatic heterocycles. The molecule has 2 amide bonds. The Morgan fingerprint density at radius 1 is 1.10 bits per heavy atom. The molecule has 0 unspecified atom stereocenters. The summed E-state index contributed by atoms with van der Waals surface area (Å²) in [5, 5.41) is 10.3. The summed E-state index contributed by atoms with van der Waals surface area (Å²) in [7, 11) is 1.52. The van der Waals surface area contributed by atoms with Gasteiger partial charge in [0.15, 0.2) is 5.13 Å². The molecule has 0 saturated carbocycles. The number of thiazole rings is 1. The minimum absolute atomic E-state index is 0.102. The van der Waals surface area contributed by atoms with Crippen LogP contribution in [0.4, 0.5) is 15.9 Å². The average molecular weight is 568 g/mol. The van der Waals surface area contributed by atoms with E-state index in [1.54, 1.807) is 12.4 Å². The number of aromatic nitrogens is 3. The molecule has 11 nitrogen and oxygen atoms in total. The van der Waals surface area contributed by atoms with Crippen LogP contribution in [0.15, 0.2) is 29.7 Å². The van der Waals surface area contributed by atoms with Crippen LogP contribution in [-0.2, 0) is 14.4 Å². The molecule has 3 heterocycles. The number of anilines is 2. The van der Waals surface area contributed by atoms with Crippen LogP contribution >= 0.6 is 11.3 Å². The smallest absolute Gasteiger partial charge is 0.321 e. The molecule has 2 aromatic heterocycles. The number of hydrogen-bond acceptors (Lipinski definition) is 10. The number of carbonyl (C=O) groups is 2. The maximum atomic E-state index is 12.6. The number of ether oxygens (including phenoxy) is 1. The van der Waals surface area contributed by atoms with Crippen LogP contribution < -0.4 is 15.5 Å². The highest BCUT2D eigenvalue weighted by molar-refractivity contribution is 7.22. The Balaban J connectivity index is 1.61. The largest absolute Gasteiger partial charge is 0.466 e. The van der Waals surface area contributed by atoms with E-state index < -0.39 is 5.41 Å². The lowest BCUT2D eigenvalue weighted by molar-refractivity contribution is -0.157. The first-order valence-corrected chi connectivity index (χ1v) is 14.5. The van der Waals surface area contributed by atoms with Gasteiger partial charge in [0.05, 0.1) is 28.0 Å². The first kappa shape index (κ1) is 29.2. The van der Waals surface area contributed by atoms with E-state index >= 15 is 0 Å². The highest BCUT2D eigenvalue weighted by atomic mass is 32.1. The van der Waals surface area contributed by atoms with Crippen LogP contribution in [0.1, 0.15) is 58.9 Å². The van der Waals surface area contributed by atoms with Gasteiger partial charge < -0.3 is 19.8 Å². The van der Waals surface area contributed by atoms with Gasteiger partial charge in [-0.05, 0) is 57.2 Å². The van der Waals surface area contributed by atoms with Gasteiger partial charge in [0.25, 0.3) is 0 Å². The van der Waals surface area contributed by atoms with E-state index in [-0.39, 0.29) is 12.0 Å². The predicted molar refractivity (Wildman–Crippen MR) is 158 cm³/mol. The Bertz CT molecular complexity index is 1360. The zero-order valence-electron chi connectivity index (χ0n) is 23.7. The molecule has 1 saturated heterocycles. The number of benzene rings is 1. The zero-order chi connectivity index (χ0) is 28.7. The summed E-state index contributed by atoms with van der Waals surface area (Å²) in [6.45, 7) is 10.1. The summed E-state index contributed by atoms with van der Waals surface area (Å²) in [6.07, 6.45) is 6.44. The molecule has 12 heteroatoms. The molecule has 1 aliphatic rings. The first-order chi connectivity index (χ1) is 19.4. The van der Waals surface area contributed by atoms with Crippen LogP contribution in [-0.4, -0.2) is 66.0 Å². The van der Waals surface area contributed by atoms with Crippen LogP contribution in [0.2, 0.25) is 0 Å². The van der Waals surface area contributed by atoms with Crippen LogP contribution in [0.25, 0.3) is 21.3 Å². The number of urea groups is 1. The summed E-state index contributed by atoms with van der Waals surface area (Å²) in [6, 6.07) is 3.70. The normalized spacial score (nSPS) is 15.1. The summed E-state index contributed by atoms with van der Waals surface area (Å²) < 4.78 is 6.26. The van der Waals surface area contributed by atoms with Crippen LogP contribution in [0.3, 0.4) is 0 Å². The molecule has 1 fully saturated rings. The van der Waals surface area contributed by atoms with Gasteiger partial charge in [-0.3, -0.25) is 10.1 Å². The van der Waals surface area contributed by atoms with Crippen molar-refractivity contribution in [2.75, 3.05) is 43.6 Å². The Kier molecular flexibility index (Phi) is 9.51. The van der Waals surface area contributed by atoms with Crippen molar-refractivity contribution >= 4 is 50.3 Å². The van der Waals surface area contributed by atoms with Crippen molar-refractivity contribution in [2.24, 2.45) is 10.6 Å². The molecule has 214 valence electrons. The quantitative estimate of drug-likeness (QED) is 0.194. The highest BCUT2D eigenvalue weighted by Gasteiger charge is 2.41. The third-order valence-corrected chi connectivity index (χ3v) is 8.28. The van der Waals surface area contributed by atoms with E-state index in [4.69, 9.17) is 9.57 Å². The highest BCUT2D eigenvalue weighted by Crippen LogP contribution is 2.38. The van der Waals surface area contributed by atoms with E-state index in [1.807, 2.05) is 39.8 Å². The number of fused-ring (bicyclic) bond motifs is 1. The molecule has 40 heavy (non-hydrogen) atoms. The Morgan fingerprint density at radius 2 is 1.82 bits per heavy atom. The average Bonchev–Trinajstić information content (AvgIpc) is 3.38. The fourth-order valence-electron chi connectivity index (χ4n) is 4.94. The number of hydrogen-bond donors (Lipinski definition) is 2. The number of rotatable bonds is 10. The molecule has 0 aliphatic carbocycles. The molecule has 4 rings (SSSR count). The number of nitrogens with one attached hydrogen (secondary N) is 2. The van der Waals surface area contributed by atoms with Gasteiger partial charge in [-0.2, -0.15) is 0 Å². The fraction of sp³-hybridized carbons (Fsp3) is 0.500. The number of piperidine rings is 1. The van der Waals surface area contributed by atoms with Crippen molar-refractivity contribution in [1.82, 2.24) is 20.3 Å². The molecule has 0 spiro atoms. The van der Waals surface area contributed by atoms with Gasteiger partial charge in [0.2, 0.25) is 5.95 Å². The van der Waals surface area contributed by atoms with Gasteiger partial charge >= 0.3 is 12.0 Å². The zero-order valence-corrected chi connectivity index (χ0v) is 24.6. The fourth-order valence-corrected chi connectivity index (χ4v) is 5.91. The maximum absolute atomic E-state index is 12.6. The molecule has 2 N–H and O–H groups in total. The van der Waals surface area contributed by atoms with Gasteiger partial charge in [-0.25, -0.2) is 19.7 Å². The maximum Gasteiger partial charge on any atom is 0.321 e. The lowest BCUT2D eigenvalue weighted by Crippen LogP contribution is -2.45. The molecular weight excluding hydrogens is 530 g/mol. The van der Waals surface area contributed by atoms with E-state index in [0.717, 1.165) is 39.0 Å². The summed E-state index contributed by atoms with van der Waals surface area (Å²) in [4.78, 5) is 45.9. The van der Waals surface area contributed by atoms with E-state index in [9.17, 15) is 9.59 Å².